The molecule has 0 spiro atoms. The monoisotopic (exact) mass is 515 g/mol. The molecule has 0 radical (unpaired) electrons. The Kier molecular flexibility index (Phi) is 8.19. The molecule has 1 amide bonds. The number of carbonyl (C=O) groups is 2. The highest BCUT2D eigenvalue weighted by Crippen LogP contribution is 2.34. The Bertz CT molecular complexity index is 1220. The molecule has 0 aliphatic carbocycles. The second kappa shape index (κ2) is 11.3. The Morgan fingerprint density at radius 2 is 1.94 bits per heavy atom. The van der Waals surface area contributed by atoms with E-state index in [9.17, 15) is 14.4 Å². The van der Waals surface area contributed by atoms with E-state index in [1.807, 2.05) is 6.07 Å². The van der Waals surface area contributed by atoms with Crippen LogP contribution in [0.1, 0.15) is 38.2 Å². The number of rotatable bonds is 9. The quantitative estimate of drug-likeness (QED) is 0.307. The van der Waals surface area contributed by atoms with Crippen LogP contribution in [0.4, 0.5) is 5.82 Å². The Labute approximate surface area is 213 Å². The first-order valence-electron chi connectivity index (χ1n) is 11.8. The van der Waals surface area contributed by atoms with Crippen LogP contribution in [-0.4, -0.2) is 79.8 Å². The fraction of sp³-hybridized carbons (Fsp3) is 0.458. The standard InChI is InChI=1S/C24H29N5O4S2/c1-2-26-12-14-27(15-13-26)21-17(22(32)28-10-7-5-8-19(28)25-21)16-18-23(33)29(24(34)35-18)11-6-3-4-9-20(30)31/h5,7-8,10,16H,2-4,6,9,11-15H2,1H3,(H,30,31). The van der Waals surface area contributed by atoms with Gasteiger partial charge in [0.25, 0.3) is 11.5 Å². The maximum absolute atomic E-state index is 13.5. The average molecular weight is 516 g/mol. The number of carbonyl (C=O) groups excluding carboxylic acids is 1. The summed E-state index contributed by atoms with van der Waals surface area (Å²) in [5, 5.41) is 8.78. The SMILES string of the molecule is CCN1CCN(c2nc3ccccn3c(=O)c2C=C2SC(=S)N(CCCCCC(=O)O)C2=O)CC1. The van der Waals surface area contributed by atoms with E-state index in [-0.39, 0.29) is 17.9 Å². The number of aliphatic carboxylic acids is 1. The minimum atomic E-state index is -0.819. The number of carboxylic acid groups (broad SMARTS) is 1. The highest BCUT2D eigenvalue weighted by atomic mass is 32.2. The lowest BCUT2D eigenvalue weighted by Crippen LogP contribution is -2.47. The van der Waals surface area contributed by atoms with Crippen LogP contribution >= 0.6 is 24.0 Å². The van der Waals surface area contributed by atoms with Crippen LogP contribution in [0.2, 0.25) is 0 Å². The van der Waals surface area contributed by atoms with Crippen LogP contribution in [0.3, 0.4) is 0 Å². The minimum absolute atomic E-state index is 0.118. The van der Waals surface area contributed by atoms with Crippen LogP contribution in [0.25, 0.3) is 11.7 Å². The van der Waals surface area contributed by atoms with Gasteiger partial charge in [0.2, 0.25) is 0 Å². The summed E-state index contributed by atoms with van der Waals surface area (Å²) >= 11 is 6.63. The zero-order chi connectivity index (χ0) is 24.9. The van der Waals surface area contributed by atoms with Gasteiger partial charge in [-0.15, -0.1) is 0 Å². The van der Waals surface area contributed by atoms with Crippen molar-refractivity contribution in [3.8, 4) is 0 Å². The van der Waals surface area contributed by atoms with Crippen LogP contribution < -0.4 is 10.5 Å². The number of unbranched alkanes of at least 4 members (excludes halogenated alkanes) is 2. The van der Waals surface area contributed by atoms with Gasteiger partial charge in [-0.25, -0.2) is 4.98 Å². The first-order chi connectivity index (χ1) is 16.9. The molecule has 11 heteroatoms. The van der Waals surface area contributed by atoms with Crippen LogP contribution in [0.5, 0.6) is 0 Å². The summed E-state index contributed by atoms with van der Waals surface area (Å²) in [5.74, 6) is -0.450. The van der Waals surface area contributed by atoms with E-state index in [0.29, 0.717) is 52.1 Å². The van der Waals surface area contributed by atoms with Crippen molar-refractivity contribution in [2.24, 2.45) is 0 Å². The molecule has 0 saturated carbocycles. The van der Waals surface area contributed by atoms with Gasteiger partial charge in [-0.1, -0.05) is 43.4 Å². The van der Waals surface area contributed by atoms with Crippen molar-refractivity contribution in [3.63, 3.8) is 0 Å². The van der Waals surface area contributed by atoms with E-state index in [1.165, 1.54) is 16.2 Å². The molecule has 0 atom stereocenters. The van der Waals surface area contributed by atoms with Crippen molar-refractivity contribution in [1.82, 2.24) is 19.2 Å². The van der Waals surface area contributed by atoms with Gasteiger partial charge in [-0.3, -0.25) is 23.7 Å². The van der Waals surface area contributed by atoms with E-state index in [0.717, 1.165) is 32.7 Å². The minimum Gasteiger partial charge on any atom is -0.481 e. The molecule has 186 valence electrons. The van der Waals surface area contributed by atoms with Crippen molar-refractivity contribution >= 4 is 57.7 Å². The zero-order valence-electron chi connectivity index (χ0n) is 19.7. The Balaban J connectivity index is 1.61. The number of nitrogens with zero attached hydrogens (tertiary/aromatic N) is 5. The third kappa shape index (κ3) is 5.74. The molecular formula is C24H29N5O4S2. The molecule has 0 unspecified atom stereocenters. The molecule has 2 aromatic rings. The molecular weight excluding hydrogens is 486 g/mol. The van der Waals surface area contributed by atoms with Crippen LogP contribution in [-0.2, 0) is 9.59 Å². The summed E-state index contributed by atoms with van der Waals surface area (Å²) in [6, 6.07) is 5.44. The lowest BCUT2D eigenvalue weighted by molar-refractivity contribution is -0.137. The second-order valence-corrected chi connectivity index (χ2v) is 10.2. The summed E-state index contributed by atoms with van der Waals surface area (Å²) in [7, 11) is 0. The van der Waals surface area contributed by atoms with Gasteiger partial charge in [0.1, 0.15) is 15.8 Å². The molecule has 2 saturated heterocycles. The van der Waals surface area contributed by atoms with E-state index in [1.54, 1.807) is 29.3 Å². The molecule has 4 heterocycles. The largest absolute Gasteiger partial charge is 0.481 e. The zero-order valence-corrected chi connectivity index (χ0v) is 21.3. The highest BCUT2D eigenvalue weighted by Gasteiger charge is 2.32. The van der Waals surface area contributed by atoms with E-state index < -0.39 is 5.97 Å². The van der Waals surface area contributed by atoms with Gasteiger partial charge in [0.15, 0.2) is 0 Å². The van der Waals surface area contributed by atoms with Gasteiger partial charge >= 0.3 is 5.97 Å². The third-order valence-electron chi connectivity index (χ3n) is 6.29. The van der Waals surface area contributed by atoms with E-state index >= 15 is 0 Å². The maximum atomic E-state index is 13.5. The van der Waals surface area contributed by atoms with Crippen molar-refractivity contribution < 1.29 is 14.7 Å². The topological polar surface area (TPSA) is 98.5 Å². The predicted molar refractivity (Wildman–Crippen MR) is 142 cm³/mol. The fourth-order valence-corrected chi connectivity index (χ4v) is 5.57. The average Bonchev–Trinajstić information content (AvgIpc) is 3.12. The third-order valence-corrected chi connectivity index (χ3v) is 7.67. The fourth-order valence-electron chi connectivity index (χ4n) is 4.28. The number of amides is 1. The molecule has 2 aliphatic heterocycles. The predicted octanol–water partition coefficient (Wildman–Crippen LogP) is 2.68. The molecule has 4 rings (SSSR count). The summed E-state index contributed by atoms with van der Waals surface area (Å²) in [6.45, 7) is 6.82. The number of pyridine rings is 1. The van der Waals surface area contributed by atoms with E-state index in [4.69, 9.17) is 22.3 Å². The molecule has 2 aromatic heterocycles. The second-order valence-electron chi connectivity index (χ2n) is 8.54. The van der Waals surface area contributed by atoms with Crippen molar-refractivity contribution in [2.75, 3.05) is 44.2 Å². The van der Waals surface area contributed by atoms with Crippen LogP contribution in [0, 0.1) is 0 Å². The lowest BCUT2D eigenvalue weighted by atomic mass is 10.2. The number of thiocarbonyl (C=S) groups is 1. The Hall–Kier alpha value is -2.76. The molecule has 35 heavy (non-hydrogen) atoms. The number of hydrogen-bond acceptors (Lipinski definition) is 8. The van der Waals surface area contributed by atoms with Crippen LogP contribution in [0.15, 0.2) is 34.1 Å². The summed E-state index contributed by atoms with van der Waals surface area (Å²) in [4.78, 5) is 48.6. The Morgan fingerprint density at radius 3 is 2.66 bits per heavy atom. The smallest absolute Gasteiger partial charge is 0.303 e. The van der Waals surface area contributed by atoms with Gasteiger partial charge in [0.05, 0.1) is 10.5 Å². The first kappa shape index (κ1) is 25.3. The number of aromatic nitrogens is 2. The molecule has 2 fully saturated rings. The number of hydrogen-bond donors (Lipinski definition) is 1. The Morgan fingerprint density at radius 1 is 1.17 bits per heavy atom. The number of piperazine rings is 1. The molecule has 0 aromatic carbocycles. The van der Waals surface area contributed by atoms with Gasteiger partial charge in [-0.2, -0.15) is 0 Å². The normalized spacial score (nSPS) is 18.3. The highest BCUT2D eigenvalue weighted by molar-refractivity contribution is 8.26. The number of anilines is 1. The number of thioether (sulfide) groups is 1. The maximum Gasteiger partial charge on any atom is 0.303 e. The number of likely N-dealkylation sites (N-methyl/N-ethyl adjacent to an activating group) is 1. The summed E-state index contributed by atoms with van der Waals surface area (Å²) in [6.07, 6.45) is 5.37. The molecule has 2 aliphatic rings. The summed E-state index contributed by atoms with van der Waals surface area (Å²) < 4.78 is 1.95. The molecule has 1 N–H and O–H groups in total. The first-order valence-corrected chi connectivity index (χ1v) is 13.1. The van der Waals surface area contributed by atoms with Gasteiger partial charge < -0.3 is 14.9 Å². The van der Waals surface area contributed by atoms with Crippen molar-refractivity contribution in [2.45, 2.75) is 32.6 Å². The van der Waals surface area contributed by atoms with Gasteiger partial charge in [0, 0.05) is 45.3 Å². The van der Waals surface area contributed by atoms with Crippen molar-refractivity contribution in [3.05, 3.63) is 45.2 Å². The number of fused-ring (bicyclic) bond motifs is 1. The van der Waals surface area contributed by atoms with E-state index in [2.05, 4.69) is 16.7 Å². The van der Waals surface area contributed by atoms with Gasteiger partial charge in [-0.05, 0) is 37.6 Å². The number of carboxylic acids is 1. The lowest BCUT2D eigenvalue weighted by Gasteiger charge is -2.35. The molecule has 9 nitrogen and oxygen atoms in total. The summed E-state index contributed by atoms with van der Waals surface area (Å²) in [5.41, 5.74) is 0.736. The van der Waals surface area contributed by atoms with Crippen molar-refractivity contribution in [1.29, 1.82) is 0 Å². The molecule has 0 bridgehead atoms.